The van der Waals surface area contributed by atoms with Crippen LogP contribution in [0.5, 0.6) is 11.5 Å². The maximum Gasteiger partial charge on any atom is 0.189 e. The van der Waals surface area contributed by atoms with E-state index in [1.807, 2.05) is 36.4 Å². The van der Waals surface area contributed by atoms with Crippen molar-refractivity contribution >= 4 is 40.9 Å². The minimum absolute atomic E-state index is 0. The zero-order valence-electron chi connectivity index (χ0n) is 14.2. The molecule has 2 N–H and O–H groups in total. The molecule has 1 aliphatic heterocycles. The molecule has 0 amide bonds. The maximum atomic E-state index is 6.18. The fraction of sp³-hybridized carbons (Fsp3) is 0.278. The summed E-state index contributed by atoms with van der Waals surface area (Å²) in [7, 11) is 1.65. The summed E-state index contributed by atoms with van der Waals surface area (Å²) in [5.41, 5.74) is 8.99. The van der Waals surface area contributed by atoms with E-state index in [1.165, 1.54) is 11.8 Å². The second kappa shape index (κ2) is 9.92. The molecule has 0 radical (unpaired) electrons. The summed E-state index contributed by atoms with van der Waals surface area (Å²) in [6.45, 7) is 1.23. The van der Waals surface area contributed by atoms with Gasteiger partial charge in [0.15, 0.2) is 12.0 Å². The summed E-state index contributed by atoms with van der Waals surface area (Å²) in [6, 6.07) is 11.5. The van der Waals surface area contributed by atoms with Gasteiger partial charge in [-0.2, -0.15) is 0 Å². The predicted molar refractivity (Wildman–Crippen MR) is 109 cm³/mol. The van der Waals surface area contributed by atoms with Crippen molar-refractivity contribution in [1.29, 1.82) is 0 Å². The molecule has 0 fully saturated rings. The number of thioether (sulfide) groups is 1. The number of para-hydroxylation sites is 1. The molecule has 3 rings (SSSR count). The topological polar surface area (TPSA) is 66.1 Å². The van der Waals surface area contributed by atoms with Gasteiger partial charge in [-0.3, -0.25) is 4.99 Å². The Kier molecular flexibility index (Phi) is 7.90. The molecule has 2 aromatic carbocycles. The Labute approximate surface area is 168 Å². The lowest BCUT2D eigenvalue weighted by atomic mass is 10.1. The Morgan fingerprint density at radius 3 is 2.92 bits per heavy atom. The van der Waals surface area contributed by atoms with Crippen molar-refractivity contribution in [2.24, 2.45) is 10.7 Å². The number of aliphatic imine (C=N–C) groups is 1. The second-order valence-electron chi connectivity index (χ2n) is 5.42. The number of halogens is 2. The lowest BCUT2D eigenvalue weighted by molar-refractivity contribution is -0.0168. The number of ether oxygens (including phenoxy) is 3. The summed E-state index contributed by atoms with van der Waals surface area (Å²) in [5, 5.41) is 1.17. The lowest BCUT2D eigenvalue weighted by Crippen LogP contribution is -2.13. The van der Waals surface area contributed by atoms with Crippen molar-refractivity contribution in [2.75, 3.05) is 13.9 Å². The van der Waals surface area contributed by atoms with Crippen LogP contribution in [-0.4, -0.2) is 19.1 Å². The van der Waals surface area contributed by atoms with Crippen molar-refractivity contribution in [3.63, 3.8) is 0 Å². The van der Waals surface area contributed by atoms with Crippen LogP contribution in [-0.2, 0) is 23.6 Å². The van der Waals surface area contributed by atoms with Crippen molar-refractivity contribution in [3.8, 4) is 11.5 Å². The first kappa shape index (κ1) is 20.7. The van der Waals surface area contributed by atoms with Crippen LogP contribution in [0.3, 0.4) is 0 Å². The van der Waals surface area contributed by atoms with E-state index < -0.39 is 0 Å². The zero-order valence-corrected chi connectivity index (χ0v) is 16.6. The van der Waals surface area contributed by atoms with Crippen LogP contribution in [0, 0.1) is 0 Å². The minimum atomic E-state index is 0. The zero-order chi connectivity index (χ0) is 17.6. The summed E-state index contributed by atoms with van der Waals surface area (Å²) >= 11 is 7.63. The molecule has 0 saturated carbocycles. The highest BCUT2D eigenvalue weighted by atomic mass is 35.5. The monoisotopic (exact) mass is 414 g/mol. The first-order valence-electron chi connectivity index (χ1n) is 7.74. The van der Waals surface area contributed by atoms with E-state index in [0.29, 0.717) is 29.1 Å². The van der Waals surface area contributed by atoms with E-state index in [9.17, 15) is 0 Å². The van der Waals surface area contributed by atoms with Crippen LogP contribution in [0.2, 0.25) is 5.02 Å². The molecule has 0 bridgehead atoms. The summed E-state index contributed by atoms with van der Waals surface area (Å²) in [4.78, 5) is 4.43. The van der Waals surface area contributed by atoms with Gasteiger partial charge in [-0.15, -0.1) is 12.4 Å². The number of hydrogen-bond acceptors (Lipinski definition) is 5. The van der Waals surface area contributed by atoms with E-state index >= 15 is 0 Å². The summed E-state index contributed by atoms with van der Waals surface area (Å²) in [6.07, 6.45) is 0. The van der Waals surface area contributed by atoms with Crippen molar-refractivity contribution < 1.29 is 14.2 Å². The molecule has 26 heavy (non-hydrogen) atoms. The van der Waals surface area contributed by atoms with Gasteiger partial charge in [0.1, 0.15) is 11.5 Å². The van der Waals surface area contributed by atoms with Gasteiger partial charge in [0, 0.05) is 27.5 Å². The molecule has 0 aromatic heterocycles. The first-order chi connectivity index (χ1) is 12.2. The average molecular weight is 415 g/mol. The Morgan fingerprint density at radius 2 is 2.12 bits per heavy atom. The quantitative estimate of drug-likeness (QED) is 0.580. The Hall–Kier alpha value is -1.60. The highest BCUT2D eigenvalue weighted by Gasteiger charge is 2.16. The van der Waals surface area contributed by atoms with Gasteiger partial charge in [-0.1, -0.05) is 41.6 Å². The SMILES string of the molecule is COc1ccccc1CN=C(N)SCc1cc(Cl)cc2c1OCOC2.Cl. The van der Waals surface area contributed by atoms with Gasteiger partial charge in [-0.05, 0) is 18.2 Å². The molecule has 0 atom stereocenters. The number of amidine groups is 1. The van der Waals surface area contributed by atoms with Gasteiger partial charge in [0.2, 0.25) is 0 Å². The van der Waals surface area contributed by atoms with E-state index in [4.69, 9.17) is 31.5 Å². The molecule has 1 heterocycles. The van der Waals surface area contributed by atoms with E-state index in [0.717, 1.165) is 28.2 Å². The molecule has 0 unspecified atom stereocenters. The van der Waals surface area contributed by atoms with Gasteiger partial charge < -0.3 is 19.9 Å². The van der Waals surface area contributed by atoms with Gasteiger partial charge >= 0.3 is 0 Å². The van der Waals surface area contributed by atoms with Crippen LogP contribution in [0.1, 0.15) is 16.7 Å². The fourth-order valence-electron chi connectivity index (χ4n) is 2.56. The van der Waals surface area contributed by atoms with Gasteiger partial charge in [0.25, 0.3) is 0 Å². The molecule has 0 spiro atoms. The predicted octanol–water partition coefficient (Wildman–Crippen LogP) is 4.39. The number of methoxy groups -OCH3 is 1. The van der Waals surface area contributed by atoms with E-state index in [-0.39, 0.29) is 19.2 Å². The molecule has 140 valence electrons. The Bertz CT molecular complexity index is 787. The van der Waals surface area contributed by atoms with Crippen LogP contribution < -0.4 is 15.2 Å². The van der Waals surface area contributed by atoms with Crippen LogP contribution in [0.4, 0.5) is 0 Å². The molecular formula is C18H20Cl2N2O3S. The van der Waals surface area contributed by atoms with Crippen LogP contribution in [0.25, 0.3) is 0 Å². The molecule has 0 aliphatic carbocycles. The lowest BCUT2D eigenvalue weighted by Gasteiger charge is -2.21. The summed E-state index contributed by atoms with van der Waals surface area (Å²) < 4.78 is 16.2. The van der Waals surface area contributed by atoms with Crippen LogP contribution in [0.15, 0.2) is 41.4 Å². The smallest absolute Gasteiger partial charge is 0.189 e. The van der Waals surface area contributed by atoms with Crippen LogP contribution >= 0.6 is 35.8 Å². The minimum Gasteiger partial charge on any atom is -0.496 e. The van der Waals surface area contributed by atoms with Crippen molar-refractivity contribution in [2.45, 2.75) is 18.9 Å². The van der Waals surface area contributed by atoms with E-state index in [1.54, 1.807) is 7.11 Å². The molecular weight excluding hydrogens is 395 g/mol. The highest BCUT2D eigenvalue weighted by Crippen LogP contribution is 2.33. The number of hydrogen-bond donors (Lipinski definition) is 1. The molecule has 2 aromatic rings. The van der Waals surface area contributed by atoms with Gasteiger partial charge in [-0.25, -0.2) is 0 Å². The third-order valence-electron chi connectivity index (χ3n) is 3.73. The second-order valence-corrected chi connectivity index (χ2v) is 6.85. The number of fused-ring (bicyclic) bond motifs is 1. The fourth-order valence-corrected chi connectivity index (χ4v) is 3.49. The molecule has 5 nitrogen and oxygen atoms in total. The van der Waals surface area contributed by atoms with Crippen molar-refractivity contribution in [3.05, 3.63) is 58.1 Å². The third kappa shape index (κ3) is 5.20. The summed E-state index contributed by atoms with van der Waals surface area (Å²) in [5.74, 6) is 2.27. The maximum absolute atomic E-state index is 6.18. The molecule has 0 saturated heterocycles. The Balaban J connectivity index is 0.00000243. The van der Waals surface area contributed by atoms with Crippen molar-refractivity contribution in [1.82, 2.24) is 0 Å². The van der Waals surface area contributed by atoms with E-state index in [2.05, 4.69) is 4.99 Å². The normalized spacial score (nSPS) is 13.4. The molecule has 8 heteroatoms. The molecule has 1 aliphatic rings. The van der Waals surface area contributed by atoms with Gasteiger partial charge in [0.05, 0.1) is 20.3 Å². The Morgan fingerprint density at radius 1 is 1.31 bits per heavy atom. The first-order valence-corrected chi connectivity index (χ1v) is 9.10. The average Bonchev–Trinajstić information content (AvgIpc) is 2.64. The number of nitrogens with two attached hydrogens (primary N) is 1. The number of benzene rings is 2. The third-order valence-corrected chi connectivity index (χ3v) is 4.82. The standard InChI is InChI=1S/C18H19ClN2O3S.ClH/c1-22-16-5-3-2-4-12(16)8-21-18(20)25-10-14-7-15(19)6-13-9-23-11-24-17(13)14;/h2-7H,8-11H2,1H3,(H2,20,21);1H. The largest absolute Gasteiger partial charge is 0.496 e. The number of nitrogens with zero attached hydrogens (tertiary/aromatic N) is 1. The number of rotatable bonds is 5. The highest BCUT2D eigenvalue weighted by molar-refractivity contribution is 8.13.